The van der Waals surface area contributed by atoms with Crippen molar-refractivity contribution in [2.45, 2.75) is 65.5 Å². The van der Waals surface area contributed by atoms with Crippen molar-refractivity contribution in [2.75, 3.05) is 17.6 Å². The third-order valence-corrected chi connectivity index (χ3v) is 5.04. The number of nitrogen functional groups attached to an aromatic ring is 1. The molecule has 0 saturated carbocycles. The molecule has 0 bridgehead atoms. The first-order valence-corrected chi connectivity index (χ1v) is 11.0. The van der Waals surface area contributed by atoms with Gasteiger partial charge in [0.2, 0.25) is 5.91 Å². The van der Waals surface area contributed by atoms with Crippen molar-refractivity contribution in [2.24, 2.45) is 5.73 Å². The molecule has 2 rings (SSSR count). The van der Waals surface area contributed by atoms with Gasteiger partial charge in [-0.25, -0.2) is 4.79 Å². The van der Waals surface area contributed by atoms with Gasteiger partial charge in [-0.05, 0) is 107 Å². The molecule has 7 nitrogen and oxygen atoms in total. The number of hydrogen-bond donors (Lipinski definition) is 4. The Labute approximate surface area is 190 Å². The van der Waals surface area contributed by atoms with E-state index in [9.17, 15) is 9.59 Å². The lowest BCUT2D eigenvalue weighted by molar-refractivity contribution is -0.118. The van der Waals surface area contributed by atoms with Crippen molar-refractivity contribution in [3.63, 3.8) is 0 Å². The average molecular weight is 441 g/mol. The summed E-state index contributed by atoms with van der Waals surface area (Å²) in [5.41, 5.74) is 16.3. The largest absolute Gasteiger partial charge is 0.444 e. The zero-order valence-corrected chi connectivity index (χ0v) is 19.7. The van der Waals surface area contributed by atoms with E-state index >= 15 is 0 Å². The Balaban J connectivity index is 2.14. The molecule has 0 saturated heterocycles. The number of benzene rings is 2. The SMILES string of the molecule is Cc1cc(-c2ccc(NC(=O)[C@H](CCCCN)NC(=O)OC(C)(C)C)c(C)c2)ccc1N. The van der Waals surface area contributed by atoms with Crippen molar-refractivity contribution in [1.29, 1.82) is 0 Å². The lowest BCUT2D eigenvalue weighted by atomic mass is 10.00. The lowest BCUT2D eigenvalue weighted by Crippen LogP contribution is -2.45. The minimum atomic E-state index is -0.713. The maximum atomic E-state index is 13.0. The normalized spacial score (nSPS) is 12.2. The van der Waals surface area contributed by atoms with Crippen LogP contribution in [-0.4, -0.2) is 30.2 Å². The Morgan fingerprint density at radius 3 is 2.19 bits per heavy atom. The van der Waals surface area contributed by atoms with Crippen LogP contribution in [-0.2, 0) is 9.53 Å². The van der Waals surface area contributed by atoms with Crippen LogP contribution in [0.2, 0.25) is 0 Å². The number of alkyl carbamates (subject to hydrolysis) is 1. The number of carbonyl (C=O) groups excluding carboxylic acids is 2. The third-order valence-electron chi connectivity index (χ3n) is 5.04. The van der Waals surface area contributed by atoms with Crippen LogP contribution in [0.5, 0.6) is 0 Å². The van der Waals surface area contributed by atoms with Crippen molar-refractivity contribution >= 4 is 23.4 Å². The average Bonchev–Trinajstić information content (AvgIpc) is 2.69. The van der Waals surface area contributed by atoms with E-state index < -0.39 is 17.7 Å². The van der Waals surface area contributed by atoms with Gasteiger partial charge < -0.3 is 26.8 Å². The molecule has 32 heavy (non-hydrogen) atoms. The number of hydrogen-bond acceptors (Lipinski definition) is 5. The second kappa shape index (κ2) is 11.0. The summed E-state index contributed by atoms with van der Waals surface area (Å²) in [7, 11) is 0. The van der Waals surface area contributed by atoms with Crippen LogP contribution in [0.4, 0.5) is 16.2 Å². The monoisotopic (exact) mass is 440 g/mol. The Morgan fingerprint density at radius 2 is 1.62 bits per heavy atom. The Hall–Kier alpha value is -3.06. The number of rotatable bonds is 8. The Bertz CT molecular complexity index is 951. The standard InChI is InChI=1S/C25H36N4O3/c1-16-14-18(9-11-20(16)27)19-10-12-21(17(2)15-19)28-23(30)22(8-6-7-13-26)29-24(31)32-25(3,4)5/h9-12,14-15,22H,6-8,13,26-27H2,1-5H3,(H,28,30)(H,29,31)/t22-/m0/s1. The predicted molar refractivity (Wildman–Crippen MR) is 130 cm³/mol. The zero-order chi connectivity index (χ0) is 23.9. The molecule has 2 aromatic rings. The van der Waals surface area contributed by atoms with Crippen LogP contribution in [0.15, 0.2) is 36.4 Å². The number of ether oxygens (including phenoxy) is 1. The highest BCUT2D eigenvalue weighted by Crippen LogP contribution is 2.27. The van der Waals surface area contributed by atoms with Crippen LogP contribution in [0.25, 0.3) is 11.1 Å². The highest BCUT2D eigenvalue weighted by atomic mass is 16.6. The van der Waals surface area contributed by atoms with Gasteiger partial charge in [-0.3, -0.25) is 4.79 Å². The van der Waals surface area contributed by atoms with E-state index in [1.165, 1.54) is 0 Å². The molecule has 2 aromatic carbocycles. The Kier molecular flexibility index (Phi) is 8.66. The van der Waals surface area contributed by atoms with Gasteiger partial charge in [-0.2, -0.15) is 0 Å². The molecule has 0 aliphatic rings. The summed E-state index contributed by atoms with van der Waals surface area (Å²) in [5, 5.41) is 5.64. The van der Waals surface area contributed by atoms with Gasteiger partial charge in [-0.1, -0.05) is 12.1 Å². The Morgan fingerprint density at radius 1 is 1.00 bits per heavy atom. The smallest absolute Gasteiger partial charge is 0.408 e. The number of amides is 2. The number of nitrogens with one attached hydrogen (secondary N) is 2. The number of unbranched alkanes of at least 4 members (excludes halogenated alkanes) is 1. The summed E-state index contributed by atoms with van der Waals surface area (Å²) in [4.78, 5) is 25.2. The van der Waals surface area contributed by atoms with Gasteiger partial charge in [-0.15, -0.1) is 0 Å². The van der Waals surface area contributed by atoms with Gasteiger partial charge in [0, 0.05) is 11.4 Å². The van der Waals surface area contributed by atoms with E-state index in [4.69, 9.17) is 16.2 Å². The molecule has 7 heteroatoms. The number of aryl methyl sites for hydroxylation is 2. The molecule has 0 spiro atoms. The van der Waals surface area contributed by atoms with E-state index in [0.29, 0.717) is 18.7 Å². The van der Waals surface area contributed by atoms with Crippen LogP contribution < -0.4 is 22.1 Å². The van der Waals surface area contributed by atoms with Crippen molar-refractivity contribution in [3.8, 4) is 11.1 Å². The van der Waals surface area contributed by atoms with Crippen molar-refractivity contribution in [1.82, 2.24) is 5.32 Å². The van der Waals surface area contributed by atoms with E-state index in [-0.39, 0.29) is 5.91 Å². The summed E-state index contributed by atoms with van der Waals surface area (Å²) in [6.07, 6.45) is 1.36. The molecule has 1 atom stereocenters. The summed E-state index contributed by atoms with van der Waals surface area (Å²) in [6.45, 7) is 9.79. The second-order valence-corrected chi connectivity index (χ2v) is 9.07. The van der Waals surface area contributed by atoms with Gasteiger partial charge in [0.1, 0.15) is 11.6 Å². The quantitative estimate of drug-likeness (QED) is 0.355. The molecule has 0 fully saturated rings. The maximum absolute atomic E-state index is 13.0. The first-order chi connectivity index (χ1) is 15.0. The number of carbonyl (C=O) groups is 2. The van der Waals surface area contributed by atoms with Crippen molar-refractivity contribution in [3.05, 3.63) is 47.5 Å². The van der Waals surface area contributed by atoms with E-state index in [1.54, 1.807) is 20.8 Å². The van der Waals surface area contributed by atoms with E-state index in [0.717, 1.165) is 40.8 Å². The molecule has 2 amide bonds. The molecule has 0 unspecified atom stereocenters. The van der Waals surface area contributed by atoms with Crippen LogP contribution in [0.3, 0.4) is 0 Å². The van der Waals surface area contributed by atoms with Gasteiger partial charge in [0.25, 0.3) is 0 Å². The summed E-state index contributed by atoms with van der Waals surface area (Å²) in [5.74, 6) is -0.285. The van der Waals surface area contributed by atoms with Gasteiger partial charge in [0.15, 0.2) is 0 Å². The molecule has 6 N–H and O–H groups in total. The maximum Gasteiger partial charge on any atom is 0.408 e. The third kappa shape index (κ3) is 7.57. The van der Waals surface area contributed by atoms with Crippen LogP contribution >= 0.6 is 0 Å². The fraction of sp³-hybridized carbons (Fsp3) is 0.440. The molecule has 0 aromatic heterocycles. The van der Waals surface area contributed by atoms with Gasteiger partial charge >= 0.3 is 6.09 Å². The zero-order valence-electron chi connectivity index (χ0n) is 19.7. The molecule has 0 aliphatic carbocycles. The number of anilines is 2. The lowest BCUT2D eigenvalue weighted by Gasteiger charge is -2.23. The fourth-order valence-corrected chi connectivity index (χ4v) is 3.27. The highest BCUT2D eigenvalue weighted by molar-refractivity contribution is 5.97. The van der Waals surface area contributed by atoms with Gasteiger partial charge in [0.05, 0.1) is 0 Å². The van der Waals surface area contributed by atoms with E-state index in [1.807, 2.05) is 50.2 Å². The molecular formula is C25H36N4O3. The summed E-state index contributed by atoms with van der Waals surface area (Å²) in [6, 6.07) is 11.1. The highest BCUT2D eigenvalue weighted by Gasteiger charge is 2.24. The predicted octanol–water partition coefficient (Wildman–Crippen LogP) is 4.51. The summed E-state index contributed by atoms with van der Waals surface area (Å²) >= 11 is 0. The molecule has 0 aliphatic heterocycles. The minimum Gasteiger partial charge on any atom is -0.444 e. The van der Waals surface area contributed by atoms with Crippen molar-refractivity contribution < 1.29 is 14.3 Å². The second-order valence-electron chi connectivity index (χ2n) is 9.07. The van der Waals surface area contributed by atoms with E-state index in [2.05, 4.69) is 10.6 Å². The fourth-order valence-electron chi connectivity index (χ4n) is 3.27. The topological polar surface area (TPSA) is 119 Å². The minimum absolute atomic E-state index is 0.285. The number of nitrogens with two attached hydrogens (primary N) is 2. The summed E-state index contributed by atoms with van der Waals surface area (Å²) < 4.78 is 5.32. The molecule has 0 radical (unpaired) electrons. The first-order valence-electron chi connectivity index (χ1n) is 11.0. The van der Waals surface area contributed by atoms with Crippen LogP contribution in [0, 0.1) is 13.8 Å². The van der Waals surface area contributed by atoms with Crippen LogP contribution in [0.1, 0.15) is 51.2 Å². The molecule has 0 heterocycles. The molecular weight excluding hydrogens is 404 g/mol. The first kappa shape index (κ1) is 25.2. The molecule has 174 valence electrons.